The molecule has 0 aliphatic rings. The van der Waals surface area contributed by atoms with Gasteiger partial charge in [-0.1, -0.05) is 12.1 Å². The number of hydrogen-bond acceptors (Lipinski definition) is 4. The van der Waals surface area contributed by atoms with Gasteiger partial charge in [0.2, 0.25) is 0 Å². The van der Waals surface area contributed by atoms with Crippen LogP contribution in [0.15, 0.2) is 30.3 Å². The summed E-state index contributed by atoms with van der Waals surface area (Å²) >= 11 is 0. The molecule has 0 aromatic heterocycles. The normalized spacial score (nSPS) is 11.6. The Morgan fingerprint density at radius 2 is 1.74 bits per heavy atom. The lowest BCUT2D eigenvalue weighted by Gasteiger charge is -2.18. The second kappa shape index (κ2) is 8.71. The maximum absolute atomic E-state index is 12.6. The highest BCUT2D eigenvalue weighted by atomic mass is 16.5. The third kappa shape index (κ3) is 5.09. The van der Waals surface area contributed by atoms with Crippen LogP contribution < -0.4 is 10.1 Å². The zero-order valence-corrected chi connectivity index (χ0v) is 16.8. The summed E-state index contributed by atoms with van der Waals surface area (Å²) in [6, 6.07) is 9.10. The van der Waals surface area contributed by atoms with Gasteiger partial charge in [-0.05, 0) is 82.0 Å². The molecular weight excluding hydrogens is 342 g/mol. The van der Waals surface area contributed by atoms with Crippen LogP contribution in [-0.2, 0) is 9.53 Å². The first-order chi connectivity index (χ1) is 12.7. The van der Waals surface area contributed by atoms with Crippen molar-refractivity contribution in [2.24, 2.45) is 0 Å². The first-order valence-corrected chi connectivity index (χ1v) is 9.06. The van der Waals surface area contributed by atoms with Crippen LogP contribution in [0.25, 0.3) is 0 Å². The Hall–Kier alpha value is -2.82. The second-order valence-corrected chi connectivity index (χ2v) is 6.70. The van der Waals surface area contributed by atoms with Crippen molar-refractivity contribution < 1.29 is 19.1 Å². The minimum Gasteiger partial charge on any atom is -0.481 e. The summed E-state index contributed by atoms with van der Waals surface area (Å²) in [6.07, 6.45) is -0.685. The Morgan fingerprint density at radius 1 is 1.04 bits per heavy atom. The molecule has 0 saturated carbocycles. The Balaban J connectivity index is 2.15. The van der Waals surface area contributed by atoms with E-state index in [1.807, 2.05) is 33.8 Å². The summed E-state index contributed by atoms with van der Waals surface area (Å²) in [4.78, 5) is 24.5. The summed E-state index contributed by atoms with van der Waals surface area (Å²) in [5.74, 6) is 0.00738. The van der Waals surface area contributed by atoms with Crippen LogP contribution in [0.2, 0.25) is 0 Å². The van der Waals surface area contributed by atoms with Crippen molar-refractivity contribution in [1.29, 1.82) is 0 Å². The van der Waals surface area contributed by atoms with Crippen molar-refractivity contribution in [3.63, 3.8) is 0 Å². The standard InChI is InChI=1S/C22H27NO4/c1-7-26-22(25)18-9-8-14(3)19(12-18)23-21(24)17(6)27-20-11-13(2)10-15(4)16(20)5/h8-12,17H,7H2,1-6H3,(H,23,24)/t17-/m1/s1. The highest BCUT2D eigenvalue weighted by Crippen LogP contribution is 2.25. The van der Waals surface area contributed by atoms with E-state index in [0.717, 1.165) is 22.3 Å². The molecular formula is C22H27NO4. The van der Waals surface area contributed by atoms with Crippen LogP contribution >= 0.6 is 0 Å². The van der Waals surface area contributed by atoms with Gasteiger partial charge in [0.05, 0.1) is 12.2 Å². The maximum atomic E-state index is 12.6. The minimum atomic E-state index is -0.685. The fraction of sp³-hybridized carbons (Fsp3) is 0.364. The van der Waals surface area contributed by atoms with Gasteiger partial charge >= 0.3 is 5.97 Å². The molecule has 2 aromatic rings. The van der Waals surface area contributed by atoms with Gasteiger partial charge in [0.1, 0.15) is 5.75 Å². The van der Waals surface area contributed by atoms with Gasteiger partial charge < -0.3 is 14.8 Å². The third-order valence-corrected chi connectivity index (χ3v) is 4.44. The Morgan fingerprint density at radius 3 is 2.41 bits per heavy atom. The number of hydrogen-bond donors (Lipinski definition) is 1. The average Bonchev–Trinajstić information content (AvgIpc) is 2.61. The third-order valence-electron chi connectivity index (χ3n) is 4.44. The van der Waals surface area contributed by atoms with E-state index in [9.17, 15) is 9.59 Å². The monoisotopic (exact) mass is 369 g/mol. The van der Waals surface area contributed by atoms with Crippen LogP contribution in [0.5, 0.6) is 5.75 Å². The number of esters is 1. The van der Waals surface area contributed by atoms with E-state index < -0.39 is 12.1 Å². The number of carbonyl (C=O) groups excluding carboxylic acids is 2. The van der Waals surface area contributed by atoms with Crippen LogP contribution in [0.4, 0.5) is 5.69 Å². The van der Waals surface area contributed by atoms with Crippen molar-refractivity contribution in [1.82, 2.24) is 0 Å². The van der Waals surface area contributed by atoms with Crippen molar-refractivity contribution in [2.75, 3.05) is 11.9 Å². The van der Waals surface area contributed by atoms with Crippen LogP contribution in [-0.4, -0.2) is 24.6 Å². The molecule has 0 spiro atoms. The van der Waals surface area contributed by atoms with E-state index >= 15 is 0 Å². The molecule has 0 aliphatic carbocycles. The van der Waals surface area contributed by atoms with E-state index in [2.05, 4.69) is 11.4 Å². The van der Waals surface area contributed by atoms with Gasteiger partial charge in [0.25, 0.3) is 5.91 Å². The summed E-state index contributed by atoms with van der Waals surface area (Å²) in [5.41, 5.74) is 5.04. The highest BCUT2D eigenvalue weighted by molar-refractivity contribution is 5.97. The lowest BCUT2D eigenvalue weighted by molar-refractivity contribution is -0.122. The fourth-order valence-electron chi connectivity index (χ4n) is 2.70. The number of carbonyl (C=O) groups is 2. The molecule has 1 atom stereocenters. The Bertz CT molecular complexity index is 858. The van der Waals surface area contributed by atoms with Crippen molar-refractivity contribution >= 4 is 17.6 Å². The molecule has 0 bridgehead atoms. The van der Waals surface area contributed by atoms with Crippen LogP contribution in [0.3, 0.4) is 0 Å². The SMILES string of the molecule is CCOC(=O)c1ccc(C)c(NC(=O)[C@@H](C)Oc2cc(C)cc(C)c2C)c1. The number of aryl methyl sites for hydroxylation is 3. The lowest BCUT2D eigenvalue weighted by atomic mass is 10.1. The summed E-state index contributed by atoms with van der Waals surface area (Å²) in [5, 5.41) is 2.84. The number of rotatable bonds is 6. The first kappa shape index (κ1) is 20.5. The van der Waals surface area contributed by atoms with E-state index in [-0.39, 0.29) is 5.91 Å². The molecule has 0 saturated heterocycles. The zero-order valence-electron chi connectivity index (χ0n) is 16.8. The number of benzene rings is 2. The topological polar surface area (TPSA) is 64.6 Å². The largest absolute Gasteiger partial charge is 0.481 e. The molecule has 0 fully saturated rings. The summed E-state index contributed by atoms with van der Waals surface area (Å²) < 4.78 is 10.9. The molecule has 144 valence electrons. The molecule has 0 heterocycles. The van der Waals surface area contributed by atoms with Gasteiger partial charge in [-0.15, -0.1) is 0 Å². The van der Waals surface area contributed by atoms with Gasteiger partial charge in [-0.3, -0.25) is 4.79 Å². The van der Waals surface area contributed by atoms with Crippen LogP contribution in [0, 0.1) is 27.7 Å². The van der Waals surface area contributed by atoms with Gasteiger partial charge in [-0.25, -0.2) is 4.79 Å². The Kier molecular flexibility index (Phi) is 6.61. The fourth-order valence-corrected chi connectivity index (χ4v) is 2.70. The van der Waals surface area contributed by atoms with Gasteiger partial charge in [-0.2, -0.15) is 0 Å². The summed E-state index contributed by atoms with van der Waals surface area (Å²) in [7, 11) is 0. The van der Waals surface area contributed by atoms with E-state index in [0.29, 0.717) is 23.6 Å². The van der Waals surface area contributed by atoms with E-state index in [4.69, 9.17) is 9.47 Å². The van der Waals surface area contributed by atoms with E-state index in [1.165, 1.54) is 0 Å². The average molecular weight is 369 g/mol. The number of anilines is 1. The van der Waals surface area contributed by atoms with Crippen molar-refractivity contribution in [3.8, 4) is 5.75 Å². The summed E-state index contributed by atoms with van der Waals surface area (Å²) in [6.45, 7) is 11.6. The molecule has 2 aromatic carbocycles. The molecule has 0 aliphatic heterocycles. The molecule has 0 unspecified atom stereocenters. The lowest BCUT2D eigenvalue weighted by Crippen LogP contribution is -2.30. The first-order valence-electron chi connectivity index (χ1n) is 9.06. The number of nitrogens with one attached hydrogen (secondary N) is 1. The van der Waals surface area contributed by atoms with E-state index in [1.54, 1.807) is 32.0 Å². The molecule has 27 heavy (non-hydrogen) atoms. The predicted octanol–water partition coefficient (Wildman–Crippen LogP) is 4.50. The predicted molar refractivity (Wildman–Crippen MR) is 107 cm³/mol. The Labute approximate surface area is 160 Å². The molecule has 0 radical (unpaired) electrons. The smallest absolute Gasteiger partial charge is 0.338 e. The molecule has 2 rings (SSSR count). The van der Waals surface area contributed by atoms with Gasteiger partial charge in [0.15, 0.2) is 6.10 Å². The van der Waals surface area contributed by atoms with Crippen LogP contribution in [0.1, 0.15) is 46.5 Å². The zero-order chi connectivity index (χ0) is 20.1. The molecule has 5 nitrogen and oxygen atoms in total. The highest BCUT2D eigenvalue weighted by Gasteiger charge is 2.18. The molecule has 1 N–H and O–H groups in total. The quantitative estimate of drug-likeness (QED) is 0.761. The van der Waals surface area contributed by atoms with Crippen molar-refractivity contribution in [3.05, 3.63) is 58.1 Å². The maximum Gasteiger partial charge on any atom is 0.338 e. The minimum absolute atomic E-state index is 0.280. The van der Waals surface area contributed by atoms with Crippen molar-refractivity contribution in [2.45, 2.75) is 47.6 Å². The number of ether oxygens (including phenoxy) is 2. The van der Waals surface area contributed by atoms with Gasteiger partial charge in [0, 0.05) is 5.69 Å². The molecule has 1 amide bonds. The second-order valence-electron chi connectivity index (χ2n) is 6.70. The molecule has 5 heteroatoms. The number of amides is 1.